The summed E-state index contributed by atoms with van der Waals surface area (Å²) in [7, 11) is 0. The Labute approximate surface area is 107 Å². The Bertz CT molecular complexity index is 555. The number of aromatic nitrogens is 2. The van der Waals surface area contributed by atoms with Crippen LogP contribution in [0, 0.1) is 0 Å². The molecule has 1 aromatic heterocycles. The largest absolute Gasteiger partial charge is 0.379 e. The van der Waals surface area contributed by atoms with E-state index in [1.807, 2.05) is 4.68 Å². The summed E-state index contributed by atoms with van der Waals surface area (Å²) in [6.07, 6.45) is 1.71. The fourth-order valence-corrected chi connectivity index (χ4v) is 2.66. The molecule has 96 valence electrons. The molecule has 1 aromatic carbocycles. The summed E-state index contributed by atoms with van der Waals surface area (Å²) in [4.78, 5) is 0. The quantitative estimate of drug-likeness (QED) is 0.895. The number of nitrogens with zero attached hydrogens (tertiary/aromatic N) is 2. The number of aryl methyl sites for hydroxylation is 1. The Morgan fingerprint density at radius 1 is 1.44 bits per heavy atom. The third-order valence-corrected chi connectivity index (χ3v) is 3.69. The van der Waals surface area contributed by atoms with Gasteiger partial charge in [0.05, 0.1) is 17.8 Å². The number of benzene rings is 1. The first-order chi connectivity index (χ1) is 8.72. The van der Waals surface area contributed by atoms with Crippen LogP contribution in [-0.4, -0.2) is 28.5 Å². The van der Waals surface area contributed by atoms with Crippen molar-refractivity contribution < 1.29 is 4.74 Å². The van der Waals surface area contributed by atoms with Crippen molar-refractivity contribution >= 4 is 10.9 Å². The average molecular weight is 245 g/mol. The predicted molar refractivity (Wildman–Crippen MR) is 71.5 cm³/mol. The highest BCUT2D eigenvalue weighted by Crippen LogP contribution is 2.25. The summed E-state index contributed by atoms with van der Waals surface area (Å²) in [5, 5.41) is 5.92. The molecule has 3 rings (SSSR count). The second-order valence-corrected chi connectivity index (χ2v) is 5.12. The van der Waals surface area contributed by atoms with Gasteiger partial charge < -0.3 is 10.5 Å². The molecular formula is C14H19N3O. The van der Waals surface area contributed by atoms with E-state index in [2.05, 4.69) is 31.2 Å². The normalized spacial score (nSPS) is 23.9. The van der Waals surface area contributed by atoms with Crippen LogP contribution in [0.15, 0.2) is 24.3 Å². The van der Waals surface area contributed by atoms with E-state index in [-0.39, 0.29) is 5.54 Å². The van der Waals surface area contributed by atoms with Crippen LogP contribution < -0.4 is 5.73 Å². The molecule has 4 nitrogen and oxygen atoms in total. The zero-order chi connectivity index (χ0) is 12.6. The molecule has 1 aliphatic rings. The van der Waals surface area contributed by atoms with E-state index in [4.69, 9.17) is 15.6 Å². The molecule has 0 aliphatic carbocycles. The highest BCUT2D eigenvalue weighted by Gasteiger charge is 2.32. The summed E-state index contributed by atoms with van der Waals surface area (Å²) < 4.78 is 7.46. The van der Waals surface area contributed by atoms with Gasteiger partial charge >= 0.3 is 0 Å². The summed E-state index contributed by atoms with van der Waals surface area (Å²) in [5.41, 5.74) is 8.41. The third kappa shape index (κ3) is 1.91. The Morgan fingerprint density at radius 3 is 3.00 bits per heavy atom. The molecule has 2 N–H and O–H groups in total. The highest BCUT2D eigenvalue weighted by atomic mass is 16.5. The SMILES string of the molecule is CCn1nc(CC2(N)CCOC2)c2ccccc21. The smallest absolute Gasteiger partial charge is 0.0722 e. The van der Waals surface area contributed by atoms with Gasteiger partial charge in [-0.05, 0) is 19.4 Å². The van der Waals surface area contributed by atoms with Crippen LogP contribution >= 0.6 is 0 Å². The van der Waals surface area contributed by atoms with Crippen molar-refractivity contribution in [2.75, 3.05) is 13.2 Å². The molecule has 1 atom stereocenters. The van der Waals surface area contributed by atoms with E-state index in [1.165, 1.54) is 10.9 Å². The molecule has 2 heterocycles. The maximum Gasteiger partial charge on any atom is 0.0722 e. The lowest BCUT2D eigenvalue weighted by molar-refractivity contribution is 0.178. The molecule has 0 radical (unpaired) electrons. The van der Waals surface area contributed by atoms with Crippen LogP contribution in [0.1, 0.15) is 19.0 Å². The molecule has 0 saturated carbocycles. The van der Waals surface area contributed by atoms with Crippen molar-refractivity contribution in [2.24, 2.45) is 5.73 Å². The number of hydrogen-bond acceptors (Lipinski definition) is 3. The number of para-hydroxylation sites is 1. The van der Waals surface area contributed by atoms with Crippen LogP contribution in [0.5, 0.6) is 0 Å². The minimum absolute atomic E-state index is 0.240. The second-order valence-electron chi connectivity index (χ2n) is 5.12. The molecule has 2 aromatic rings. The zero-order valence-electron chi connectivity index (χ0n) is 10.7. The maximum absolute atomic E-state index is 6.36. The Morgan fingerprint density at radius 2 is 2.28 bits per heavy atom. The number of nitrogens with two attached hydrogens (primary N) is 1. The van der Waals surface area contributed by atoms with Crippen LogP contribution in [0.2, 0.25) is 0 Å². The van der Waals surface area contributed by atoms with Crippen molar-refractivity contribution in [3.05, 3.63) is 30.0 Å². The molecule has 18 heavy (non-hydrogen) atoms. The summed E-state index contributed by atoms with van der Waals surface area (Å²) in [6.45, 7) is 4.40. The van der Waals surface area contributed by atoms with E-state index in [0.29, 0.717) is 6.61 Å². The first-order valence-corrected chi connectivity index (χ1v) is 6.53. The van der Waals surface area contributed by atoms with E-state index in [9.17, 15) is 0 Å². The van der Waals surface area contributed by atoms with Gasteiger partial charge in [0.25, 0.3) is 0 Å². The van der Waals surface area contributed by atoms with Crippen molar-refractivity contribution in [2.45, 2.75) is 31.8 Å². The number of ether oxygens (including phenoxy) is 1. The molecule has 1 fully saturated rings. The van der Waals surface area contributed by atoms with Gasteiger partial charge in [-0.15, -0.1) is 0 Å². The first kappa shape index (κ1) is 11.7. The molecule has 0 bridgehead atoms. The molecule has 0 spiro atoms. The van der Waals surface area contributed by atoms with Gasteiger partial charge in [0, 0.05) is 30.5 Å². The lowest BCUT2D eigenvalue weighted by atomic mass is 9.93. The Balaban J connectivity index is 2.01. The molecule has 1 unspecified atom stereocenters. The standard InChI is InChI=1S/C14H19N3O/c1-2-17-13-6-4-3-5-11(13)12(16-17)9-14(15)7-8-18-10-14/h3-6H,2,7-10,15H2,1H3. The lowest BCUT2D eigenvalue weighted by Gasteiger charge is -2.20. The predicted octanol–water partition coefficient (Wildman–Crippen LogP) is 1.72. The van der Waals surface area contributed by atoms with Gasteiger partial charge in [0.2, 0.25) is 0 Å². The summed E-state index contributed by atoms with van der Waals surface area (Å²) in [5.74, 6) is 0. The lowest BCUT2D eigenvalue weighted by Crippen LogP contribution is -2.42. The first-order valence-electron chi connectivity index (χ1n) is 6.53. The van der Waals surface area contributed by atoms with Crippen molar-refractivity contribution in [1.82, 2.24) is 9.78 Å². The van der Waals surface area contributed by atoms with Crippen LogP contribution in [-0.2, 0) is 17.7 Å². The second kappa shape index (κ2) is 4.37. The fourth-order valence-electron chi connectivity index (χ4n) is 2.66. The van der Waals surface area contributed by atoms with Gasteiger partial charge in [-0.1, -0.05) is 18.2 Å². The van der Waals surface area contributed by atoms with Gasteiger partial charge in [-0.2, -0.15) is 5.10 Å². The van der Waals surface area contributed by atoms with Gasteiger partial charge in [-0.3, -0.25) is 4.68 Å². The van der Waals surface area contributed by atoms with Crippen molar-refractivity contribution in [1.29, 1.82) is 0 Å². The molecule has 1 saturated heterocycles. The van der Waals surface area contributed by atoms with Gasteiger partial charge in [0.15, 0.2) is 0 Å². The van der Waals surface area contributed by atoms with Crippen LogP contribution in [0.3, 0.4) is 0 Å². The minimum atomic E-state index is -0.240. The zero-order valence-corrected chi connectivity index (χ0v) is 10.7. The Hall–Kier alpha value is -1.39. The van der Waals surface area contributed by atoms with Crippen molar-refractivity contribution in [3.8, 4) is 0 Å². The van der Waals surface area contributed by atoms with E-state index < -0.39 is 0 Å². The maximum atomic E-state index is 6.36. The van der Waals surface area contributed by atoms with Gasteiger partial charge in [-0.25, -0.2) is 0 Å². The van der Waals surface area contributed by atoms with E-state index in [0.717, 1.165) is 31.7 Å². The third-order valence-electron chi connectivity index (χ3n) is 3.69. The fraction of sp³-hybridized carbons (Fsp3) is 0.500. The van der Waals surface area contributed by atoms with Crippen LogP contribution in [0.25, 0.3) is 10.9 Å². The van der Waals surface area contributed by atoms with E-state index in [1.54, 1.807) is 0 Å². The summed E-state index contributed by atoms with van der Waals surface area (Å²) in [6, 6.07) is 8.35. The average Bonchev–Trinajstić information content (AvgIpc) is 2.95. The topological polar surface area (TPSA) is 53.1 Å². The minimum Gasteiger partial charge on any atom is -0.379 e. The molecular weight excluding hydrogens is 226 g/mol. The highest BCUT2D eigenvalue weighted by molar-refractivity contribution is 5.82. The number of rotatable bonds is 3. The van der Waals surface area contributed by atoms with Gasteiger partial charge in [0.1, 0.15) is 0 Å². The molecule has 1 aliphatic heterocycles. The number of fused-ring (bicyclic) bond motifs is 1. The van der Waals surface area contributed by atoms with Crippen LogP contribution in [0.4, 0.5) is 0 Å². The summed E-state index contributed by atoms with van der Waals surface area (Å²) >= 11 is 0. The molecule has 0 amide bonds. The monoisotopic (exact) mass is 245 g/mol. The Kier molecular flexibility index (Phi) is 2.84. The van der Waals surface area contributed by atoms with Crippen molar-refractivity contribution in [3.63, 3.8) is 0 Å². The van der Waals surface area contributed by atoms with E-state index >= 15 is 0 Å². The molecule has 4 heteroatoms. The number of hydrogen-bond donors (Lipinski definition) is 1.